The molecule has 0 heterocycles. The summed E-state index contributed by atoms with van der Waals surface area (Å²) >= 11 is 5.35. The molecule has 0 spiro atoms. The van der Waals surface area contributed by atoms with Crippen LogP contribution < -0.4 is 15.4 Å². The summed E-state index contributed by atoms with van der Waals surface area (Å²) in [5.74, 6) is 0.456. The second-order valence-corrected chi connectivity index (χ2v) is 5.82. The lowest BCUT2D eigenvalue weighted by Crippen LogP contribution is -2.28. The van der Waals surface area contributed by atoms with E-state index in [1.165, 1.54) is 0 Å². The van der Waals surface area contributed by atoms with Gasteiger partial charge in [-0.05, 0) is 61.5 Å². The summed E-state index contributed by atoms with van der Waals surface area (Å²) in [5, 5.41) is 6.75. The van der Waals surface area contributed by atoms with Crippen LogP contribution in [-0.4, -0.2) is 24.8 Å². The monoisotopic (exact) mass is 358 g/mol. The van der Waals surface area contributed by atoms with Crippen molar-refractivity contribution in [3.8, 4) is 5.75 Å². The summed E-state index contributed by atoms with van der Waals surface area (Å²) in [6.45, 7) is 4.64. The lowest BCUT2D eigenvalue weighted by molar-refractivity contribution is 0.0526. The third-order valence-electron chi connectivity index (χ3n) is 3.58. The molecule has 0 aliphatic heterocycles. The molecule has 132 valence electrons. The Morgan fingerprint density at radius 3 is 2.72 bits per heavy atom. The van der Waals surface area contributed by atoms with Gasteiger partial charge in [-0.3, -0.25) is 0 Å². The Hall–Kier alpha value is -2.60. The number of methoxy groups -OCH3 is 1. The number of aryl methyl sites for hydroxylation is 1. The maximum atomic E-state index is 11.9. The number of esters is 1. The minimum Gasteiger partial charge on any atom is -0.497 e. The van der Waals surface area contributed by atoms with Crippen molar-refractivity contribution >= 4 is 29.0 Å². The smallest absolute Gasteiger partial charge is 0.338 e. The standard InChI is InChI=1S/C19H22N2O3S/c1-4-24-18(22)15-9-8-13(2)17(11-15)21-19(25)20-12-14-6-5-7-16(10-14)23-3/h5-11H,4,12H2,1-3H3,(H2,20,21,25). The molecule has 0 saturated carbocycles. The van der Waals surface area contributed by atoms with E-state index in [0.717, 1.165) is 22.6 Å². The lowest BCUT2D eigenvalue weighted by Gasteiger charge is -2.14. The summed E-state index contributed by atoms with van der Waals surface area (Å²) in [4.78, 5) is 11.9. The van der Waals surface area contributed by atoms with Crippen LogP contribution in [0.2, 0.25) is 0 Å². The van der Waals surface area contributed by atoms with Gasteiger partial charge in [0.05, 0.1) is 19.3 Å². The van der Waals surface area contributed by atoms with E-state index in [-0.39, 0.29) is 5.97 Å². The predicted molar refractivity (Wildman–Crippen MR) is 103 cm³/mol. The molecule has 0 atom stereocenters. The normalized spacial score (nSPS) is 10.0. The molecule has 0 amide bonds. The quantitative estimate of drug-likeness (QED) is 0.607. The first-order valence-corrected chi connectivity index (χ1v) is 8.40. The Balaban J connectivity index is 1.99. The molecule has 5 nitrogen and oxygen atoms in total. The Morgan fingerprint density at radius 1 is 1.20 bits per heavy atom. The van der Waals surface area contributed by atoms with Crippen LogP contribution in [0, 0.1) is 6.92 Å². The first kappa shape index (κ1) is 18.7. The topological polar surface area (TPSA) is 59.6 Å². The zero-order valence-electron chi connectivity index (χ0n) is 14.6. The van der Waals surface area contributed by atoms with Crippen LogP contribution >= 0.6 is 12.2 Å². The molecule has 0 bridgehead atoms. The van der Waals surface area contributed by atoms with Gasteiger partial charge in [-0.25, -0.2) is 4.79 Å². The number of benzene rings is 2. The van der Waals surface area contributed by atoms with Gasteiger partial charge < -0.3 is 20.1 Å². The molecule has 0 unspecified atom stereocenters. The van der Waals surface area contributed by atoms with Crippen molar-refractivity contribution in [2.45, 2.75) is 20.4 Å². The molecule has 0 saturated heterocycles. The number of hydrogen-bond acceptors (Lipinski definition) is 4. The largest absolute Gasteiger partial charge is 0.497 e. The second-order valence-electron chi connectivity index (χ2n) is 5.41. The van der Waals surface area contributed by atoms with Crippen LogP contribution in [0.5, 0.6) is 5.75 Å². The number of carbonyl (C=O) groups excluding carboxylic acids is 1. The number of ether oxygens (including phenoxy) is 2. The van der Waals surface area contributed by atoms with Gasteiger partial charge in [0.25, 0.3) is 0 Å². The molecular formula is C19H22N2O3S. The highest BCUT2D eigenvalue weighted by molar-refractivity contribution is 7.80. The van der Waals surface area contributed by atoms with Gasteiger partial charge in [0.1, 0.15) is 5.75 Å². The fourth-order valence-corrected chi connectivity index (χ4v) is 2.41. The van der Waals surface area contributed by atoms with Gasteiger partial charge >= 0.3 is 5.97 Å². The minimum atomic E-state index is -0.346. The molecule has 0 radical (unpaired) electrons. The van der Waals surface area contributed by atoms with E-state index in [4.69, 9.17) is 21.7 Å². The molecule has 2 N–H and O–H groups in total. The van der Waals surface area contributed by atoms with Gasteiger partial charge in [0.2, 0.25) is 0 Å². The summed E-state index contributed by atoms with van der Waals surface area (Å²) in [6, 6.07) is 13.1. The molecule has 0 aliphatic carbocycles. The van der Waals surface area contributed by atoms with Crippen molar-refractivity contribution in [1.29, 1.82) is 0 Å². The van der Waals surface area contributed by atoms with Gasteiger partial charge in [-0.15, -0.1) is 0 Å². The Labute approximate surface area is 153 Å². The van der Waals surface area contributed by atoms with Crippen LogP contribution in [0.1, 0.15) is 28.4 Å². The SMILES string of the molecule is CCOC(=O)c1ccc(C)c(NC(=S)NCc2cccc(OC)c2)c1. The van der Waals surface area contributed by atoms with E-state index in [1.807, 2.05) is 37.3 Å². The van der Waals surface area contributed by atoms with Gasteiger partial charge in [-0.1, -0.05) is 18.2 Å². The lowest BCUT2D eigenvalue weighted by atomic mass is 10.1. The first-order valence-electron chi connectivity index (χ1n) is 7.99. The highest BCUT2D eigenvalue weighted by Crippen LogP contribution is 2.18. The summed E-state index contributed by atoms with van der Waals surface area (Å²) in [6.07, 6.45) is 0. The predicted octanol–water partition coefficient (Wildman–Crippen LogP) is 3.67. The van der Waals surface area contributed by atoms with Crippen molar-refractivity contribution < 1.29 is 14.3 Å². The van der Waals surface area contributed by atoms with E-state index in [0.29, 0.717) is 23.8 Å². The first-order chi connectivity index (χ1) is 12.0. The average Bonchev–Trinajstić information content (AvgIpc) is 2.62. The fraction of sp³-hybridized carbons (Fsp3) is 0.263. The van der Waals surface area contributed by atoms with E-state index in [9.17, 15) is 4.79 Å². The van der Waals surface area contributed by atoms with Crippen LogP contribution in [0.25, 0.3) is 0 Å². The molecule has 0 fully saturated rings. The highest BCUT2D eigenvalue weighted by atomic mass is 32.1. The molecule has 0 aliphatic rings. The van der Waals surface area contributed by atoms with Crippen LogP contribution in [-0.2, 0) is 11.3 Å². The van der Waals surface area contributed by atoms with Gasteiger partial charge in [0, 0.05) is 12.2 Å². The van der Waals surface area contributed by atoms with Crippen LogP contribution in [0.15, 0.2) is 42.5 Å². The molecule has 6 heteroatoms. The number of carbonyl (C=O) groups is 1. The number of thiocarbonyl (C=S) groups is 1. The average molecular weight is 358 g/mol. The maximum absolute atomic E-state index is 11.9. The molecule has 2 aromatic carbocycles. The zero-order valence-corrected chi connectivity index (χ0v) is 15.4. The van der Waals surface area contributed by atoms with Crippen molar-refractivity contribution in [2.75, 3.05) is 19.0 Å². The molecular weight excluding hydrogens is 336 g/mol. The molecule has 2 aromatic rings. The number of rotatable bonds is 6. The third kappa shape index (κ3) is 5.46. The zero-order chi connectivity index (χ0) is 18.2. The van der Waals surface area contributed by atoms with Crippen molar-refractivity contribution in [3.63, 3.8) is 0 Å². The molecule has 0 aromatic heterocycles. The summed E-state index contributed by atoms with van der Waals surface area (Å²) < 4.78 is 10.2. The number of hydrogen-bond donors (Lipinski definition) is 2. The highest BCUT2D eigenvalue weighted by Gasteiger charge is 2.09. The Kier molecular flexibility index (Phi) is 6.77. The minimum absolute atomic E-state index is 0.343. The van der Waals surface area contributed by atoms with Crippen LogP contribution in [0.3, 0.4) is 0 Å². The van der Waals surface area contributed by atoms with E-state index in [1.54, 1.807) is 26.2 Å². The Bertz CT molecular complexity index is 762. The fourth-order valence-electron chi connectivity index (χ4n) is 2.23. The van der Waals surface area contributed by atoms with E-state index >= 15 is 0 Å². The summed E-state index contributed by atoms with van der Waals surface area (Å²) in [7, 11) is 1.64. The maximum Gasteiger partial charge on any atom is 0.338 e. The third-order valence-corrected chi connectivity index (χ3v) is 3.83. The van der Waals surface area contributed by atoms with Gasteiger partial charge in [-0.2, -0.15) is 0 Å². The summed E-state index contributed by atoms with van der Waals surface area (Å²) in [5.41, 5.74) is 3.30. The van der Waals surface area contributed by atoms with E-state index < -0.39 is 0 Å². The van der Waals surface area contributed by atoms with E-state index in [2.05, 4.69) is 10.6 Å². The molecule has 25 heavy (non-hydrogen) atoms. The number of nitrogens with one attached hydrogen (secondary N) is 2. The van der Waals surface area contributed by atoms with Crippen molar-refractivity contribution in [3.05, 3.63) is 59.2 Å². The Morgan fingerprint density at radius 2 is 2.00 bits per heavy atom. The van der Waals surface area contributed by atoms with Crippen LogP contribution in [0.4, 0.5) is 5.69 Å². The molecule has 2 rings (SSSR count). The number of anilines is 1. The van der Waals surface area contributed by atoms with Crippen molar-refractivity contribution in [1.82, 2.24) is 5.32 Å². The van der Waals surface area contributed by atoms with Gasteiger partial charge in [0.15, 0.2) is 5.11 Å². The second kappa shape index (κ2) is 9.03. The van der Waals surface area contributed by atoms with Crippen molar-refractivity contribution in [2.24, 2.45) is 0 Å².